The number of nitrogens with one attached hydrogen (secondary N) is 3. The van der Waals surface area contributed by atoms with Gasteiger partial charge in [0.05, 0.1) is 17.1 Å². The first-order valence-corrected chi connectivity index (χ1v) is 16.6. The minimum atomic E-state index is -0.836. The number of carbonyl (C=O) groups excluding carboxylic acids is 2. The molecule has 2 amide bonds. The monoisotopic (exact) mass is 651 g/mol. The molecule has 242 valence electrons. The van der Waals surface area contributed by atoms with Crippen molar-refractivity contribution in [1.29, 1.82) is 0 Å². The lowest BCUT2D eigenvalue weighted by atomic mass is 10.0. The van der Waals surface area contributed by atoms with Crippen molar-refractivity contribution in [2.75, 3.05) is 5.32 Å². The molecule has 8 rings (SSSR count). The number of amides is 2. The Hall–Kier alpha value is -6.73. The van der Waals surface area contributed by atoms with Crippen molar-refractivity contribution in [3.05, 3.63) is 175 Å². The van der Waals surface area contributed by atoms with E-state index >= 15 is 0 Å². The molecular weight excluding hydrogens is 619 g/mol. The second-order valence-corrected chi connectivity index (χ2v) is 12.2. The van der Waals surface area contributed by atoms with E-state index in [0.717, 1.165) is 55.4 Å². The first-order valence-electron chi connectivity index (χ1n) is 16.6. The SMILES string of the molecule is O=C(NC(Cc1c[nH]c2ccccc12)C(=O)Nc1ccc2ccccc2c1)c1ccc(-n2nc(-c3ccccc3)cc2-c2ccccc2)cc1. The molecule has 50 heavy (non-hydrogen) atoms. The topological polar surface area (TPSA) is 91.8 Å². The van der Waals surface area contributed by atoms with Crippen molar-refractivity contribution in [3.63, 3.8) is 0 Å². The van der Waals surface area contributed by atoms with Gasteiger partial charge in [0.15, 0.2) is 0 Å². The maximum Gasteiger partial charge on any atom is 0.251 e. The minimum absolute atomic E-state index is 0.298. The molecule has 0 fully saturated rings. The largest absolute Gasteiger partial charge is 0.361 e. The van der Waals surface area contributed by atoms with E-state index in [-0.39, 0.29) is 11.8 Å². The fourth-order valence-electron chi connectivity index (χ4n) is 6.36. The van der Waals surface area contributed by atoms with Crippen molar-refractivity contribution in [1.82, 2.24) is 20.1 Å². The van der Waals surface area contributed by atoms with Gasteiger partial charge in [-0.25, -0.2) is 4.68 Å². The summed E-state index contributed by atoms with van der Waals surface area (Å²) in [6, 6.07) is 50.5. The molecule has 0 saturated carbocycles. The fourth-order valence-corrected chi connectivity index (χ4v) is 6.36. The highest BCUT2D eigenvalue weighted by Crippen LogP contribution is 2.29. The number of benzene rings is 6. The zero-order valence-corrected chi connectivity index (χ0v) is 27.1. The average Bonchev–Trinajstić information content (AvgIpc) is 3.80. The first-order chi connectivity index (χ1) is 24.6. The number of hydrogen-bond donors (Lipinski definition) is 3. The summed E-state index contributed by atoms with van der Waals surface area (Å²) in [7, 11) is 0. The highest BCUT2D eigenvalue weighted by molar-refractivity contribution is 6.02. The number of carbonyl (C=O) groups is 2. The summed E-state index contributed by atoms with van der Waals surface area (Å²) in [5, 5.41) is 14.1. The number of fused-ring (bicyclic) bond motifs is 2. The van der Waals surface area contributed by atoms with Crippen LogP contribution in [0.5, 0.6) is 0 Å². The van der Waals surface area contributed by atoms with E-state index in [0.29, 0.717) is 17.7 Å². The summed E-state index contributed by atoms with van der Waals surface area (Å²) in [6.07, 6.45) is 2.21. The Morgan fingerprint density at radius 2 is 1.36 bits per heavy atom. The van der Waals surface area contributed by atoms with Gasteiger partial charge in [-0.05, 0) is 64.9 Å². The third-order valence-electron chi connectivity index (χ3n) is 8.96. The Morgan fingerprint density at radius 1 is 0.680 bits per heavy atom. The summed E-state index contributed by atoms with van der Waals surface area (Å²) in [4.78, 5) is 30.9. The number of rotatable bonds is 9. The molecule has 2 heterocycles. The van der Waals surface area contributed by atoms with Crippen molar-refractivity contribution in [2.45, 2.75) is 12.5 Å². The van der Waals surface area contributed by atoms with E-state index in [4.69, 9.17) is 5.10 Å². The predicted octanol–water partition coefficient (Wildman–Crippen LogP) is 8.82. The predicted molar refractivity (Wildman–Crippen MR) is 200 cm³/mol. The number of para-hydroxylation sites is 1. The van der Waals surface area contributed by atoms with Crippen LogP contribution in [0.1, 0.15) is 15.9 Å². The molecule has 8 aromatic rings. The van der Waals surface area contributed by atoms with Crippen LogP contribution in [0.3, 0.4) is 0 Å². The van der Waals surface area contributed by atoms with Crippen LogP contribution in [-0.2, 0) is 11.2 Å². The molecule has 0 saturated heterocycles. The lowest BCUT2D eigenvalue weighted by Crippen LogP contribution is -2.45. The van der Waals surface area contributed by atoms with Crippen LogP contribution in [0.4, 0.5) is 5.69 Å². The average molecular weight is 652 g/mol. The van der Waals surface area contributed by atoms with Crippen molar-refractivity contribution < 1.29 is 9.59 Å². The van der Waals surface area contributed by atoms with Gasteiger partial charge in [-0.3, -0.25) is 9.59 Å². The molecule has 0 spiro atoms. The van der Waals surface area contributed by atoms with E-state index in [9.17, 15) is 9.59 Å². The van der Waals surface area contributed by atoms with Gasteiger partial charge >= 0.3 is 0 Å². The Kier molecular flexibility index (Phi) is 8.21. The molecule has 2 aromatic heterocycles. The zero-order chi connectivity index (χ0) is 33.9. The summed E-state index contributed by atoms with van der Waals surface area (Å²) in [6.45, 7) is 0. The van der Waals surface area contributed by atoms with Crippen molar-refractivity contribution in [2.24, 2.45) is 0 Å². The molecule has 0 radical (unpaired) electrons. The summed E-state index contributed by atoms with van der Waals surface area (Å²) in [5.74, 6) is -0.642. The number of aromatic amines is 1. The third-order valence-corrected chi connectivity index (χ3v) is 8.96. The van der Waals surface area contributed by atoms with E-state index in [2.05, 4.69) is 33.8 Å². The number of nitrogens with zero attached hydrogens (tertiary/aromatic N) is 2. The Bertz CT molecular complexity index is 2450. The number of H-pyrrole nitrogens is 1. The van der Waals surface area contributed by atoms with Gasteiger partial charge in [0.25, 0.3) is 5.91 Å². The molecule has 7 heteroatoms. The zero-order valence-electron chi connectivity index (χ0n) is 27.1. The van der Waals surface area contributed by atoms with Crippen molar-refractivity contribution >= 4 is 39.2 Å². The fraction of sp³-hybridized carbons (Fsp3) is 0.0465. The molecule has 1 atom stereocenters. The van der Waals surface area contributed by atoms with Gasteiger partial charge in [-0.2, -0.15) is 5.10 Å². The summed E-state index contributed by atoms with van der Waals surface area (Å²) >= 11 is 0. The molecule has 7 nitrogen and oxygen atoms in total. The van der Waals surface area contributed by atoms with Gasteiger partial charge in [-0.1, -0.05) is 109 Å². The molecule has 0 bridgehead atoms. The maximum absolute atomic E-state index is 13.9. The molecular formula is C43H33N5O2. The standard InChI is InChI=1S/C43H33N5O2/c49-42(32-20-23-36(24-21-32)48-41(31-14-5-2-6-15-31)27-39(47-48)30-12-3-1-4-13-30)46-40(26-34-28-44-38-18-10-9-17-37(34)38)43(50)45-35-22-19-29-11-7-8-16-33(29)25-35/h1-25,27-28,40,44H,26H2,(H,45,50)(H,46,49). The Morgan fingerprint density at radius 3 is 2.14 bits per heavy atom. The third kappa shape index (κ3) is 6.28. The quantitative estimate of drug-likeness (QED) is 0.146. The van der Waals surface area contributed by atoms with Gasteiger partial charge in [-0.15, -0.1) is 0 Å². The minimum Gasteiger partial charge on any atom is -0.361 e. The summed E-state index contributed by atoms with van der Waals surface area (Å²) < 4.78 is 1.90. The van der Waals surface area contributed by atoms with Crippen LogP contribution in [0.15, 0.2) is 164 Å². The van der Waals surface area contributed by atoms with Crippen LogP contribution in [0.2, 0.25) is 0 Å². The van der Waals surface area contributed by atoms with Crippen molar-refractivity contribution in [3.8, 4) is 28.2 Å². The van der Waals surface area contributed by atoms with Gasteiger partial charge in [0.2, 0.25) is 5.91 Å². The Labute approximate surface area is 289 Å². The van der Waals surface area contributed by atoms with Gasteiger partial charge in [0, 0.05) is 45.9 Å². The normalized spacial score (nSPS) is 11.8. The summed E-state index contributed by atoms with van der Waals surface area (Å²) in [5.41, 5.74) is 7.66. The molecule has 6 aromatic carbocycles. The van der Waals surface area contributed by atoms with Crippen LogP contribution < -0.4 is 10.6 Å². The van der Waals surface area contributed by atoms with Crippen LogP contribution in [0, 0.1) is 0 Å². The van der Waals surface area contributed by atoms with E-state index in [1.54, 1.807) is 12.1 Å². The highest BCUT2D eigenvalue weighted by atomic mass is 16.2. The molecule has 0 aliphatic heterocycles. The lowest BCUT2D eigenvalue weighted by Gasteiger charge is -2.19. The lowest BCUT2D eigenvalue weighted by molar-refractivity contribution is -0.118. The second-order valence-electron chi connectivity index (χ2n) is 12.2. The molecule has 0 aliphatic rings. The Balaban J connectivity index is 1.07. The van der Waals surface area contributed by atoms with Gasteiger partial charge < -0.3 is 15.6 Å². The number of anilines is 1. The molecule has 1 unspecified atom stereocenters. The highest BCUT2D eigenvalue weighted by Gasteiger charge is 2.24. The maximum atomic E-state index is 13.9. The first kappa shape index (κ1) is 30.6. The van der Waals surface area contributed by atoms with Crippen LogP contribution >= 0.6 is 0 Å². The number of hydrogen-bond acceptors (Lipinski definition) is 3. The molecule has 3 N–H and O–H groups in total. The smallest absolute Gasteiger partial charge is 0.251 e. The number of aromatic nitrogens is 3. The molecule has 0 aliphatic carbocycles. The second kappa shape index (κ2) is 13.4. The van der Waals surface area contributed by atoms with E-state index < -0.39 is 6.04 Å². The van der Waals surface area contributed by atoms with Gasteiger partial charge in [0.1, 0.15) is 6.04 Å². The van der Waals surface area contributed by atoms with Crippen LogP contribution in [0.25, 0.3) is 49.9 Å². The van der Waals surface area contributed by atoms with E-state index in [1.165, 1.54) is 0 Å². The van der Waals surface area contributed by atoms with Crippen LogP contribution in [-0.4, -0.2) is 32.6 Å². The van der Waals surface area contributed by atoms with E-state index in [1.807, 2.05) is 138 Å².